The zero-order valence-corrected chi connectivity index (χ0v) is 18.0. The number of halogens is 1. The summed E-state index contributed by atoms with van der Waals surface area (Å²) in [6.45, 7) is 7.79. The van der Waals surface area contributed by atoms with Gasteiger partial charge in [0.25, 0.3) is 11.6 Å². The number of amides is 1. The molecule has 0 atom stereocenters. The fourth-order valence-corrected chi connectivity index (χ4v) is 4.20. The van der Waals surface area contributed by atoms with Crippen molar-refractivity contribution >= 4 is 46.2 Å². The number of carbonyl (C=O) groups is 1. The number of aliphatic imine (C=N–C) groups is 1. The molecule has 2 aromatic rings. The lowest BCUT2D eigenvalue weighted by Gasteiger charge is -2.20. The van der Waals surface area contributed by atoms with Gasteiger partial charge >= 0.3 is 0 Å². The number of carbonyl (C=O) groups excluding carboxylic acids is 1. The predicted molar refractivity (Wildman–Crippen MR) is 116 cm³/mol. The summed E-state index contributed by atoms with van der Waals surface area (Å²) in [6, 6.07) is 7.57. The minimum atomic E-state index is -0.490. The summed E-state index contributed by atoms with van der Waals surface area (Å²) < 4.78 is 5.80. The Kier molecular flexibility index (Phi) is 6.14. The summed E-state index contributed by atoms with van der Waals surface area (Å²) in [5.41, 5.74) is 0.339. The van der Waals surface area contributed by atoms with Crippen molar-refractivity contribution in [2.24, 2.45) is 4.99 Å². The number of amidine groups is 1. The summed E-state index contributed by atoms with van der Waals surface area (Å²) in [7, 11) is 0. The number of thioether (sulfide) groups is 1. The van der Waals surface area contributed by atoms with E-state index in [0.717, 1.165) is 0 Å². The molecule has 1 aliphatic heterocycles. The van der Waals surface area contributed by atoms with E-state index in [1.165, 1.54) is 30.0 Å². The molecule has 0 unspecified atom stereocenters. The maximum Gasteiger partial charge on any atom is 0.270 e. The zero-order valence-electron chi connectivity index (χ0n) is 16.4. The highest BCUT2D eigenvalue weighted by Crippen LogP contribution is 2.36. The van der Waals surface area contributed by atoms with E-state index in [9.17, 15) is 14.9 Å². The van der Waals surface area contributed by atoms with Crippen molar-refractivity contribution in [1.29, 1.82) is 0 Å². The minimum absolute atomic E-state index is 0.0192. The van der Waals surface area contributed by atoms with Crippen LogP contribution < -0.4 is 0 Å². The predicted octanol–water partition coefficient (Wildman–Crippen LogP) is 5.60. The van der Waals surface area contributed by atoms with E-state index in [2.05, 4.69) is 4.99 Å². The summed E-state index contributed by atoms with van der Waals surface area (Å²) in [6.07, 6.45) is 1.65. The smallest absolute Gasteiger partial charge is 0.270 e. The summed E-state index contributed by atoms with van der Waals surface area (Å²) in [5.74, 6) is 0.710. The van der Waals surface area contributed by atoms with Crippen LogP contribution in [0.2, 0.25) is 5.02 Å². The van der Waals surface area contributed by atoms with Crippen LogP contribution in [0.15, 0.2) is 44.6 Å². The van der Waals surface area contributed by atoms with Crippen LogP contribution in [0.25, 0.3) is 17.4 Å². The largest absolute Gasteiger partial charge is 0.457 e. The molecule has 152 valence electrons. The number of nitro benzene ring substituents is 1. The SMILES string of the molecule is CC(C)N=C1S/C(=C/c2ccc(-c3cc([N+](=O)[O-])ccc3Cl)o2)C(=O)N1C(C)C. The van der Waals surface area contributed by atoms with E-state index in [1.54, 1.807) is 23.1 Å². The molecule has 29 heavy (non-hydrogen) atoms. The summed E-state index contributed by atoms with van der Waals surface area (Å²) in [4.78, 5) is 30.1. The first kappa shape index (κ1) is 21.1. The number of rotatable bonds is 5. The third kappa shape index (κ3) is 4.54. The van der Waals surface area contributed by atoms with Gasteiger partial charge in [-0.15, -0.1) is 0 Å². The van der Waals surface area contributed by atoms with Crippen LogP contribution in [0.4, 0.5) is 5.69 Å². The van der Waals surface area contributed by atoms with Gasteiger partial charge in [-0.3, -0.25) is 24.8 Å². The maximum absolute atomic E-state index is 12.8. The number of nitrogens with zero attached hydrogens (tertiary/aromatic N) is 3. The fourth-order valence-electron chi connectivity index (χ4n) is 2.77. The van der Waals surface area contributed by atoms with Crippen LogP contribution in [0.1, 0.15) is 33.5 Å². The maximum atomic E-state index is 12.8. The highest BCUT2D eigenvalue weighted by Gasteiger charge is 2.35. The van der Waals surface area contributed by atoms with E-state index >= 15 is 0 Å². The topological polar surface area (TPSA) is 89.0 Å². The number of hydrogen-bond donors (Lipinski definition) is 0. The first-order chi connectivity index (χ1) is 13.7. The highest BCUT2D eigenvalue weighted by atomic mass is 35.5. The fraction of sp³-hybridized carbons (Fsp3) is 0.300. The third-order valence-corrected chi connectivity index (χ3v) is 5.37. The lowest BCUT2D eigenvalue weighted by molar-refractivity contribution is -0.384. The molecule has 0 spiro atoms. The molecule has 9 heteroatoms. The molecule has 3 rings (SSSR count). The third-order valence-electron chi connectivity index (χ3n) is 4.05. The standard InChI is InChI=1S/C20H20ClN3O4S/c1-11(2)22-20-23(12(3)4)19(25)18(29-20)10-14-6-8-17(28-14)15-9-13(24(26)27)5-7-16(15)21/h5-12H,1-4H3/b18-10+,22-20?. The van der Waals surface area contributed by atoms with E-state index in [0.29, 0.717) is 32.2 Å². The molecular formula is C20H20ClN3O4S. The Morgan fingerprint density at radius 1 is 1.24 bits per heavy atom. The van der Waals surface area contributed by atoms with E-state index < -0.39 is 4.92 Å². The molecule has 1 aromatic heterocycles. The second-order valence-electron chi connectivity index (χ2n) is 7.01. The second kappa shape index (κ2) is 8.42. The molecule has 1 saturated heterocycles. The van der Waals surface area contributed by atoms with Gasteiger partial charge in [0.15, 0.2) is 5.17 Å². The molecule has 0 radical (unpaired) electrons. The first-order valence-corrected chi connectivity index (χ1v) is 10.2. The number of furan rings is 1. The Bertz CT molecular complexity index is 1030. The van der Waals surface area contributed by atoms with Gasteiger partial charge in [-0.2, -0.15) is 0 Å². The molecule has 0 saturated carbocycles. The number of benzene rings is 1. The van der Waals surface area contributed by atoms with Crippen molar-refractivity contribution < 1.29 is 14.1 Å². The van der Waals surface area contributed by atoms with E-state index in [1.807, 2.05) is 27.7 Å². The monoisotopic (exact) mass is 433 g/mol. The molecular weight excluding hydrogens is 414 g/mol. The van der Waals surface area contributed by atoms with Crippen LogP contribution in [-0.4, -0.2) is 33.0 Å². The minimum Gasteiger partial charge on any atom is -0.457 e. The zero-order chi connectivity index (χ0) is 21.3. The highest BCUT2D eigenvalue weighted by molar-refractivity contribution is 8.18. The van der Waals surface area contributed by atoms with Crippen molar-refractivity contribution in [3.63, 3.8) is 0 Å². The van der Waals surface area contributed by atoms with Crippen molar-refractivity contribution in [3.8, 4) is 11.3 Å². The Hall–Kier alpha value is -2.58. The Morgan fingerprint density at radius 3 is 2.59 bits per heavy atom. The quantitative estimate of drug-likeness (QED) is 0.348. The second-order valence-corrected chi connectivity index (χ2v) is 8.42. The van der Waals surface area contributed by atoms with Crippen LogP contribution in [0.3, 0.4) is 0 Å². The van der Waals surface area contributed by atoms with Gasteiger partial charge in [0.05, 0.1) is 14.9 Å². The van der Waals surface area contributed by atoms with E-state index in [-0.39, 0.29) is 23.7 Å². The Balaban J connectivity index is 1.94. The van der Waals surface area contributed by atoms with Gasteiger partial charge in [-0.05, 0) is 57.7 Å². The van der Waals surface area contributed by atoms with Crippen LogP contribution in [-0.2, 0) is 4.79 Å². The molecule has 1 fully saturated rings. The van der Waals surface area contributed by atoms with Crippen molar-refractivity contribution in [1.82, 2.24) is 4.90 Å². The first-order valence-electron chi connectivity index (χ1n) is 9.02. The van der Waals surface area contributed by atoms with Gasteiger partial charge in [0, 0.05) is 35.9 Å². The summed E-state index contributed by atoms with van der Waals surface area (Å²) in [5, 5.41) is 12.0. The van der Waals surface area contributed by atoms with Gasteiger partial charge in [0.1, 0.15) is 11.5 Å². The average molecular weight is 434 g/mol. The van der Waals surface area contributed by atoms with Crippen molar-refractivity contribution in [3.05, 3.63) is 56.1 Å². The van der Waals surface area contributed by atoms with Gasteiger partial charge in [0.2, 0.25) is 0 Å². The normalized spacial score (nSPS) is 17.3. The van der Waals surface area contributed by atoms with Crippen LogP contribution in [0, 0.1) is 10.1 Å². The number of nitro groups is 1. The van der Waals surface area contributed by atoms with E-state index in [4.69, 9.17) is 16.0 Å². The molecule has 0 N–H and O–H groups in total. The lowest BCUT2D eigenvalue weighted by atomic mass is 10.1. The van der Waals surface area contributed by atoms with Gasteiger partial charge in [-0.1, -0.05) is 11.6 Å². The van der Waals surface area contributed by atoms with Crippen molar-refractivity contribution in [2.75, 3.05) is 0 Å². The van der Waals surface area contributed by atoms with Crippen molar-refractivity contribution in [2.45, 2.75) is 39.8 Å². The molecule has 7 nitrogen and oxygen atoms in total. The van der Waals surface area contributed by atoms with Crippen LogP contribution in [0.5, 0.6) is 0 Å². The lowest BCUT2D eigenvalue weighted by Crippen LogP contribution is -2.35. The summed E-state index contributed by atoms with van der Waals surface area (Å²) >= 11 is 7.49. The average Bonchev–Trinajstić information content (AvgIpc) is 3.20. The Labute approximate surface area is 177 Å². The molecule has 0 bridgehead atoms. The molecule has 0 aliphatic carbocycles. The molecule has 1 amide bonds. The number of hydrogen-bond acceptors (Lipinski definition) is 6. The van der Waals surface area contributed by atoms with Gasteiger partial charge in [-0.25, -0.2) is 0 Å². The van der Waals surface area contributed by atoms with Gasteiger partial charge < -0.3 is 4.42 Å². The Morgan fingerprint density at radius 2 is 1.97 bits per heavy atom. The van der Waals surface area contributed by atoms with Crippen LogP contribution >= 0.6 is 23.4 Å². The molecule has 2 heterocycles. The number of non-ortho nitro benzene ring substituents is 1. The molecule has 1 aromatic carbocycles. The molecule has 1 aliphatic rings.